The average molecular weight is 267 g/mol. The predicted octanol–water partition coefficient (Wildman–Crippen LogP) is 2.79. The van der Waals surface area contributed by atoms with Gasteiger partial charge < -0.3 is 5.32 Å². The first-order valence-electron chi connectivity index (χ1n) is 6.88. The summed E-state index contributed by atoms with van der Waals surface area (Å²) in [5, 5.41) is 6.81. The van der Waals surface area contributed by atoms with Crippen LogP contribution in [0, 0.1) is 0 Å². The fourth-order valence-corrected chi connectivity index (χ4v) is 1.95. The van der Waals surface area contributed by atoms with Crippen LogP contribution in [0.3, 0.4) is 0 Å². The number of carbonyl (C=O) groups excluding carboxylic acids is 1. The highest BCUT2D eigenvalue weighted by molar-refractivity contribution is 5.73. The molecule has 3 nitrogen and oxygen atoms in total. The molecule has 2 aromatic rings. The van der Waals surface area contributed by atoms with Crippen molar-refractivity contribution >= 4 is 6.03 Å². The molecule has 1 radical (unpaired) electrons. The van der Waals surface area contributed by atoms with E-state index in [9.17, 15) is 4.79 Å². The van der Waals surface area contributed by atoms with Gasteiger partial charge in [-0.15, -0.1) is 0 Å². The molecule has 0 atom stereocenters. The number of carbonyl (C=O) groups is 1. The van der Waals surface area contributed by atoms with Gasteiger partial charge in [-0.3, -0.25) is 0 Å². The topological polar surface area (TPSA) is 43.2 Å². The van der Waals surface area contributed by atoms with E-state index in [1.165, 1.54) is 11.1 Å². The number of urea groups is 1. The Balaban J connectivity index is 1.59. The maximum atomic E-state index is 11.5. The Labute approximate surface area is 120 Å². The smallest absolute Gasteiger partial charge is 0.336 e. The molecule has 0 saturated carbocycles. The van der Waals surface area contributed by atoms with Crippen LogP contribution in [0.25, 0.3) is 0 Å². The van der Waals surface area contributed by atoms with Gasteiger partial charge in [0.25, 0.3) is 0 Å². The highest BCUT2D eigenvalue weighted by Crippen LogP contribution is 1.99. The summed E-state index contributed by atoms with van der Waals surface area (Å²) in [6, 6.07) is 19.9. The first-order chi connectivity index (χ1) is 9.84. The molecule has 0 aromatic heterocycles. The summed E-state index contributed by atoms with van der Waals surface area (Å²) in [5.74, 6) is 0. The normalized spacial score (nSPS) is 10.0. The fourth-order valence-electron chi connectivity index (χ4n) is 1.95. The molecule has 0 saturated heterocycles. The maximum Gasteiger partial charge on any atom is 0.336 e. The molecule has 20 heavy (non-hydrogen) atoms. The predicted molar refractivity (Wildman–Crippen MR) is 80.7 cm³/mol. The van der Waals surface area contributed by atoms with Crippen LogP contribution in [0.15, 0.2) is 60.7 Å². The highest BCUT2D eigenvalue weighted by atomic mass is 16.2. The SMILES string of the molecule is O=C([N]CCc1ccccc1)NCCc1ccccc1. The van der Waals surface area contributed by atoms with Crippen LogP contribution in [0.5, 0.6) is 0 Å². The van der Waals surface area contributed by atoms with Gasteiger partial charge in [0.05, 0.1) is 0 Å². The van der Waals surface area contributed by atoms with E-state index in [1.807, 2.05) is 48.5 Å². The quantitative estimate of drug-likeness (QED) is 0.859. The van der Waals surface area contributed by atoms with Gasteiger partial charge in [-0.25, -0.2) is 10.1 Å². The van der Waals surface area contributed by atoms with Crippen LogP contribution in [0.4, 0.5) is 4.79 Å². The van der Waals surface area contributed by atoms with E-state index >= 15 is 0 Å². The molecule has 3 heteroatoms. The number of nitrogens with zero attached hydrogens (tertiary/aromatic N) is 1. The lowest BCUT2D eigenvalue weighted by molar-refractivity contribution is 0.240. The van der Waals surface area contributed by atoms with Crippen LogP contribution >= 0.6 is 0 Å². The van der Waals surface area contributed by atoms with Crippen molar-refractivity contribution in [2.75, 3.05) is 13.1 Å². The van der Waals surface area contributed by atoms with E-state index in [1.54, 1.807) is 0 Å². The average Bonchev–Trinajstić information content (AvgIpc) is 2.49. The zero-order valence-corrected chi connectivity index (χ0v) is 11.5. The maximum absolute atomic E-state index is 11.5. The van der Waals surface area contributed by atoms with E-state index < -0.39 is 0 Å². The molecular weight excluding hydrogens is 248 g/mol. The van der Waals surface area contributed by atoms with Crippen molar-refractivity contribution in [2.24, 2.45) is 0 Å². The largest absolute Gasteiger partial charge is 0.336 e. The van der Waals surface area contributed by atoms with Gasteiger partial charge in [0.1, 0.15) is 0 Å². The fraction of sp³-hybridized carbons (Fsp3) is 0.235. The Morgan fingerprint density at radius 2 is 1.40 bits per heavy atom. The highest BCUT2D eigenvalue weighted by Gasteiger charge is 2.01. The van der Waals surface area contributed by atoms with Crippen LogP contribution in [0.2, 0.25) is 0 Å². The van der Waals surface area contributed by atoms with Gasteiger partial charge in [0.2, 0.25) is 0 Å². The minimum atomic E-state index is -0.225. The molecule has 0 aliphatic heterocycles. The Kier molecular flexibility index (Phi) is 5.65. The Morgan fingerprint density at radius 1 is 0.850 bits per heavy atom. The lowest BCUT2D eigenvalue weighted by Crippen LogP contribution is -2.32. The molecule has 1 N–H and O–H groups in total. The molecule has 0 aliphatic carbocycles. The van der Waals surface area contributed by atoms with E-state index in [-0.39, 0.29) is 6.03 Å². The minimum Gasteiger partial charge on any atom is -0.336 e. The standard InChI is InChI=1S/C17H19N2O/c20-17(18-13-11-15-7-3-1-4-8-15)19-14-12-16-9-5-2-6-10-16/h1-10H,11-14H2,(H,18,20). The molecular formula is C17H19N2O. The third-order valence-corrected chi connectivity index (χ3v) is 3.03. The molecule has 0 spiro atoms. The first kappa shape index (κ1) is 14.1. The van der Waals surface area contributed by atoms with Crippen LogP contribution in [-0.2, 0) is 12.8 Å². The summed E-state index contributed by atoms with van der Waals surface area (Å²) in [6.07, 6.45) is 1.63. The third-order valence-electron chi connectivity index (χ3n) is 3.03. The molecule has 0 aliphatic rings. The van der Waals surface area contributed by atoms with Gasteiger partial charge in [-0.2, -0.15) is 0 Å². The summed E-state index contributed by atoms with van der Waals surface area (Å²) in [6.45, 7) is 1.15. The summed E-state index contributed by atoms with van der Waals surface area (Å²) in [7, 11) is 0. The van der Waals surface area contributed by atoms with Gasteiger partial charge >= 0.3 is 6.03 Å². The lowest BCUT2D eigenvalue weighted by atomic mass is 10.1. The van der Waals surface area contributed by atoms with Gasteiger partial charge in [-0.1, -0.05) is 60.7 Å². The number of hydrogen-bond donors (Lipinski definition) is 1. The zero-order chi connectivity index (χ0) is 14.0. The lowest BCUT2D eigenvalue weighted by Gasteiger charge is -2.05. The molecule has 0 bridgehead atoms. The second kappa shape index (κ2) is 8.00. The number of nitrogens with one attached hydrogen (secondary N) is 1. The number of amides is 2. The third kappa shape index (κ3) is 5.14. The molecule has 2 amide bonds. The Hall–Kier alpha value is -2.29. The van der Waals surface area contributed by atoms with Crippen LogP contribution in [-0.4, -0.2) is 19.1 Å². The van der Waals surface area contributed by atoms with Crippen molar-refractivity contribution in [2.45, 2.75) is 12.8 Å². The van der Waals surface area contributed by atoms with Gasteiger partial charge in [-0.05, 0) is 24.0 Å². The first-order valence-corrected chi connectivity index (χ1v) is 6.88. The molecule has 2 aromatic carbocycles. The Morgan fingerprint density at radius 3 is 2.00 bits per heavy atom. The molecule has 2 rings (SSSR count). The summed E-state index contributed by atoms with van der Waals surface area (Å²) >= 11 is 0. The summed E-state index contributed by atoms with van der Waals surface area (Å²) in [4.78, 5) is 11.5. The van der Waals surface area contributed by atoms with Crippen molar-refractivity contribution in [3.05, 3.63) is 71.8 Å². The van der Waals surface area contributed by atoms with Crippen molar-refractivity contribution in [3.8, 4) is 0 Å². The van der Waals surface area contributed by atoms with Crippen molar-refractivity contribution in [1.29, 1.82) is 0 Å². The van der Waals surface area contributed by atoms with Gasteiger partial charge in [0, 0.05) is 13.1 Å². The van der Waals surface area contributed by atoms with Crippen molar-refractivity contribution in [1.82, 2.24) is 10.6 Å². The van der Waals surface area contributed by atoms with Crippen molar-refractivity contribution < 1.29 is 4.79 Å². The zero-order valence-electron chi connectivity index (χ0n) is 11.5. The number of hydrogen-bond acceptors (Lipinski definition) is 1. The van der Waals surface area contributed by atoms with Gasteiger partial charge in [0.15, 0.2) is 0 Å². The molecule has 0 fully saturated rings. The number of benzene rings is 2. The van der Waals surface area contributed by atoms with Crippen LogP contribution < -0.4 is 10.6 Å². The van der Waals surface area contributed by atoms with E-state index in [4.69, 9.17) is 0 Å². The number of rotatable bonds is 6. The van der Waals surface area contributed by atoms with E-state index in [2.05, 4.69) is 22.8 Å². The summed E-state index contributed by atoms with van der Waals surface area (Å²) < 4.78 is 0. The van der Waals surface area contributed by atoms with Crippen molar-refractivity contribution in [3.63, 3.8) is 0 Å². The monoisotopic (exact) mass is 267 g/mol. The molecule has 0 heterocycles. The summed E-state index contributed by atoms with van der Waals surface area (Å²) in [5.41, 5.74) is 2.42. The van der Waals surface area contributed by atoms with E-state index in [0.29, 0.717) is 13.1 Å². The second-order valence-corrected chi connectivity index (χ2v) is 4.58. The second-order valence-electron chi connectivity index (χ2n) is 4.58. The minimum absolute atomic E-state index is 0.225. The Bertz CT molecular complexity index is 464. The van der Waals surface area contributed by atoms with E-state index in [0.717, 1.165) is 12.8 Å². The molecule has 0 unspecified atom stereocenters. The molecule has 103 valence electrons. The van der Waals surface area contributed by atoms with Crippen LogP contribution in [0.1, 0.15) is 11.1 Å².